The number of ketones is 1. The molecule has 1 aliphatic carbocycles. The van der Waals surface area contributed by atoms with E-state index in [1.165, 1.54) is 11.1 Å². The van der Waals surface area contributed by atoms with E-state index in [1.807, 2.05) is 61.0 Å². The van der Waals surface area contributed by atoms with Crippen LogP contribution in [0.25, 0.3) is 28.1 Å². The zero-order chi connectivity index (χ0) is 26.0. The third-order valence-corrected chi connectivity index (χ3v) is 7.29. The monoisotopic (exact) mass is 485 g/mol. The van der Waals surface area contributed by atoms with Crippen LogP contribution in [0.3, 0.4) is 0 Å². The average Bonchev–Trinajstić information content (AvgIpc) is 3.34. The van der Waals surface area contributed by atoms with Gasteiger partial charge in [0.2, 0.25) is 0 Å². The Morgan fingerprint density at radius 2 is 1.54 bits per heavy atom. The quantitative estimate of drug-likeness (QED) is 0.210. The van der Waals surface area contributed by atoms with Crippen LogP contribution < -0.4 is 0 Å². The Balaban J connectivity index is 1.69. The van der Waals surface area contributed by atoms with E-state index in [0.29, 0.717) is 0 Å². The number of fused-ring (bicyclic) bond motifs is 1. The number of Topliss-reactive ketones (excluding diaryl/α,β-unsaturated/α-hetero) is 1. The van der Waals surface area contributed by atoms with Gasteiger partial charge >= 0.3 is 0 Å². The van der Waals surface area contributed by atoms with Gasteiger partial charge in [-0.2, -0.15) is 10.4 Å². The Morgan fingerprint density at radius 1 is 0.946 bits per heavy atom. The van der Waals surface area contributed by atoms with Crippen molar-refractivity contribution in [1.82, 2.24) is 9.78 Å². The summed E-state index contributed by atoms with van der Waals surface area (Å²) in [4.78, 5) is 12.8. The first-order valence-electron chi connectivity index (χ1n) is 12.9. The van der Waals surface area contributed by atoms with Crippen molar-refractivity contribution < 1.29 is 4.79 Å². The molecular weight excluding hydrogens is 454 g/mol. The SMILES string of the molecule is CC(C)C(=O)/C(C#N)=C\[C@]1(C)CCCc2c(-c3ccccc3)nn(-c3ccc(-c4ccccc4)cc3)c21. The number of benzene rings is 3. The van der Waals surface area contributed by atoms with Crippen LogP contribution in [-0.2, 0) is 16.6 Å². The number of carbonyl (C=O) groups excluding carboxylic acids is 1. The minimum absolute atomic E-state index is 0.114. The number of aromatic nitrogens is 2. The lowest BCUT2D eigenvalue weighted by Crippen LogP contribution is -2.29. The third-order valence-electron chi connectivity index (χ3n) is 7.29. The molecule has 0 fully saturated rings. The molecule has 0 saturated carbocycles. The van der Waals surface area contributed by atoms with Gasteiger partial charge in [0.05, 0.1) is 22.6 Å². The van der Waals surface area contributed by atoms with Gasteiger partial charge in [0.25, 0.3) is 0 Å². The molecule has 0 amide bonds. The summed E-state index contributed by atoms with van der Waals surface area (Å²) < 4.78 is 2.04. The Morgan fingerprint density at radius 3 is 2.14 bits per heavy atom. The number of hydrogen-bond donors (Lipinski definition) is 0. The lowest BCUT2D eigenvalue weighted by molar-refractivity contribution is -0.117. The second-order valence-electron chi connectivity index (χ2n) is 10.3. The van der Waals surface area contributed by atoms with E-state index in [1.54, 1.807) is 0 Å². The Kier molecular flexibility index (Phi) is 6.63. The van der Waals surface area contributed by atoms with Gasteiger partial charge in [-0.05, 0) is 42.5 Å². The standard InChI is InChI=1S/C33H31N3O/c1-23(2)31(37)27(22-34)21-33(3)20-10-15-29-30(26-13-8-5-9-14-26)35-36(32(29)33)28-18-16-25(17-19-28)24-11-6-4-7-12-24/h4-9,11-14,16-19,21,23H,10,15,20H2,1-3H3/b27-21-/t33-/m0/s1. The smallest absolute Gasteiger partial charge is 0.175 e. The highest BCUT2D eigenvalue weighted by atomic mass is 16.1. The average molecular weight is 486 g/mol. The molecule has 0 spiro atoms. The van der Waals surface area contributed by atoms with Crippen molar-refractivity contribution in [1.29, 1.82) is 5.26 Å². The fourth-order valence-corrected chi connectivity index (χ4v) is 5.39. The molecule has 4 aromatic rings. The van der Waals surface area contributed by atoms with Gasteiger partial charge in [-0.3, -0.25) is 4.79 Å². The molecule has 184 valence electrons. The molecule has 4 heteroatoms. The zero-order valence-electron chi connectivity index (χ0n) is 21.6. The predicted molar refractivity (Wildman–Crippen MR) is 148 cm³/mol. The van der Waals surface area contributed by atoms with E-state index in [-0.39, 0.29) is 17.3 Å². The van der Waals surface area contributed by atoms with Crippen molar-refractivity contribution in [2.75, 3.05) is 0 Å². The van der Waals surface area contributed by atoms with E-state index < -0.39 is 5.41 Å². The maximum atomic E-state index is 12.8. The van der Waals surface area contributed by atoms with Gasteiger partial charge < -0.3 is 0 Å². The minimum Gasteiger partial charge on any atom is -0.293 e. The van der Waals surface area contributed by atoms with Gasteiger partial charge in [-0.25, -0.2) is 4.68 Å². The molecule has 37 heavy (non-hydrogen) atoms. The lowest BCUT2D eigenvalue weighted by Gasteiger charge is -2.33. The van der Waals surface area contributed by atoms with Gasteiger partial charge in [0, 0.05) is 22.5 Å². The number of allylic oxidation sites excluding steroid dienone is 2. The first-order valence-corrected chi connectivity index (χ1v) is 12.9. The molecule has 1 heterocycles. The molecule has 0 N–H and O–H groups in total. The highest BCUT2D eigenvalue weighted by molar-refractivity contribution is 6.00. The van der Waals surface area contributed by atoms with Gasteiger partial charge in [-0.1, -0.05) is 99.6 Å². The van der Waals surface area contributed by atoms with Crippen LogP contribution in [-0.4, -0.2) is 15.6 Å². The number of hydrogen-bond acceptors (Lipinski definition) is 3. The minimum atomic E-state index is -0.499. The Bertz CT molecular complexity index is 1490. The third kappa shape index (κ3) is 4.66. The zero-order valence-corrected chi connectivity index (χ0v) is 21.6. The fraction of sp³-hybridized carbons (Fsp3) is 0.242. The first-order chi connectivity index (χ1) is 17.9. The summed E-state index contributed by atoms with van der Waals surface area (Å²) in [6.07, 6.45) is 4.62. The molecule has 0 bridgehead atoms. The van der Waals surface area contributed by atoms with Crippen LogP contribution in [0.1, 0.15) is 44.9 Å². The summed E-state index contributed by atoms with van der Waals surface area (Å²) in [6, 6.07) is 31.2. The maximum absolute atomic E-state index is 12.8. The highest BCUT2D eigenvalue weighted by Crippen LogP contribution is 2.44. The molecule has 1 atom stereocenters. The van der Waals surface area contributed by atoms with Crippen LogP contribution >= 0.6 is 0 Å². The largest absolute Gasteiger partial charge is 0.293 e. The molecule has 0 unspecified atom stereocenters. The van der Waals surface area contributed by atoms with Gasteiger partial charge in [-0.15, -0.1) is 0 Å². The molecule has 4 nitrogen and oxygen atoms in total. The van der Waals surface area contributed by atoms with Crippen LogP contribution in [0.5, 0.6) is 0 Å². The highest BCUT2D eigenvalue weighted by Gasteiger charge is 2.38. The van der Waals surface area contributed by atoms with Crippen LogP contribution in [0.2, 0.25) is 0 Å². The van der Waals surface area contributed by atoms with E-state index in [2.05, 4.69) is 61.5 Å². The predicted octanol–water partition coefficient (Wildman–Crippen LogP) is 7.48. The topological polar surface area (TPSA) is 58.7 Å². The van der Waals surface area contributed by atoms with Crippen LogP contribution in [0.15, 0.2) is 96.6 Å². The van der Waals surface area contributed by atoms with Gasteiger partial charge in [0.1, 0.15) is 6.07 Å². The molecular formula is C33H31N3O. The molecule has 3 aromatic carbocycles. The maximum Gasteiger partial charge on any atom is 0.175 e. The summed E-state index contributed by atoms with van der Waals surface area (Å²) in [6.45, 7) is 5.82. The van der Waals surface area contributed by atoms with E-state index in [0.717, 1.165) is 47.5 Å². The van der Waals surface area contributed by atoms with Crippen molar-refractivity contribution in [2.45, 2.75) is 45.4 Å². The van der Waals surface area contributed by atoms with Crippen molar-refractivity contribution >= 4 is 5.78 Å². The van der Waals surface area contributed by atoms with Crippen molar-refractivity contribution in [2.24, 2.45) is 5.92 Å². The van der Waals surface area contributed by atoms with Crippen molar-refractivity contribution in [3.05, 3.63) is 108 Å². The summed E-state index contributed by atoms with van der Waals surface area (Å²) in [7, 11) is 0. The fourth-order valence-electron chi connectivity index (χ4n) is 5.39. The van der Waals surface area contributed by atoms with Crippen molar-refractivity contribution in [3.63, 3.8) is 0 Å². The lowest BCUT2D eigenvalue weighted by atomic mass is 9.72. The van der Waals surface area contributed by atoms with E-state index >= 15 is 0 Å². The molecule has 0 saturated heterocycles. The second-order valence-corrected chi connectivity index (χ2v) is 10.3. The molecule has 0 radical (unpaired) electrons. The molecule has 1 aromatic heterocycles. The summed E-state index contributed by atoms with van der Waals surface area (Å²) in [5.41, 5.74) is 7.31. The molecule has 1 aliphatic rings. The Labute approximate surface area is 218 Å². The number of nitrogens with zero attached hydrogens (tertiary/aromatic N) is 3. The normalized spacial score (nSPS) is 17.3. The van der Waals surface area contributed by atoms with Crippen LogP contribution in [0, 0.1) is 17.2 Å². The first kappa shape index (κ1) is 24.5. The second kappa shape index (κ2) is 10.0. The van der Waals surface area contributed by atoms with E-state index in [4.69, 9.17) is 5.10 Å². The number of carbonyl (C=O) groups is 1. The molecule has 0 aliphatic heterocycles. The molecule has 5 rings (SSSR count). The number of nitriles is 1. The van der Waals surface area contributed by atoms with Gasteiger partial charge in [0.15, 0.2) is 5.78 Å². The summed E-state index contributed by atoms with van der Waals surface area (Å²) in [5.74, 6) is -0.342. The van der Waals surface area contributed by atoms with E-state index in [9.17, 15) is 10.1 Å². The number of rotatable bonds is 6. The van der Waals surface area contributed by atoms with Crippen molar-refractivity contribution in [3.8, 4) is 34.1 Å². The van der Waals surface area contributed by atoms with Crippen LogP contribution in [0.4, 0.5) is 0 Å². The summed E-state index contributed by atoms with van der Waals surface area (Å²) >= 11 is 0. The summed E-state index contributed by atoms with van der Waals surface area (Å²) in [5, 5.41) is 15.0. The Hall–Kier alpha value is -4.23.